The number of ether oxygens (including phenoxy) is 1. The van der Waals surface area contributed by atoms with E-state index >= 15 is 0 Å². The maximum atomic E-state index is 12.5. The minimum absolute atomic E-state index is 0.0260. The number of hydrogen-bond acceptors (Lipinski definition) is 7. The van der Waals surface area contributed by atoms with Crippen molar-refractivity contribution in [3.05, 3.63) is 0 Å². The minimum Gasteiger partial charge on any atom is -0.449 e. The molecule has 0 aromatic carbocycles. The number of likely N-dealkylation sites (N-methyl/N-ethyl adjacent to an activating group) is 1. The molecule has 0 radical (unpaired) electrons. The fourth-order valence-electron chi connectivity index (χ4n) is 4.49. The monoisotopic (exact) mass is 611 g/mol. The number of unbranched alkanes of at least 4 members (excludes halogenated alkanes) is 15. The molecule has 11 heteroatoms. The largest absolute Gasteiger partial charge is 0.472 e. The van der Waals surface area contributed by atoms with E-state index in [4.69, 9.17) is 13.8 Å². The number of nitrogens with zero attached hydrogens (tertiary/aromatic N) is 2. The lowest BCUT2D eigenvalue weighted by Crippen LogP contribution is -2.47. The SMILES string of the molecule is CCCCCCCCCCCCCCCCCCOC(=O)N1CCSC(COP(=O)(O)OCC(O)[N+](C)(C)C)C1. The zero-order valence-corrected chi connectivity index (χ0v) is 27.6. The van der Waals surface area contributed by atoms with Crippen molar-refractivity contribution >= 4 is 25.7 Å². The van der Waals surface area contributed by atoms with Gasteiger partial charge in [0.2, 0.25) is 6.23 Å². The van der Waals surface area contributed by atoms with Gasteiger partial charge in [0.15, 0.2) is 0 Å². The van der Waals surface area contributed by atoms with Crippen LogP contribution in [0.4, 0.5) is 4.79 Å². The number of hydrogen-bond donors (Lipinski definition) is 2. The van der Waals surface area contributed by atoms with Crippen LogP contribution in [0.1, 0.15) is 110 Å². The minimum atomic E-state index is -4.29. The van der Waals surface area contributed by atoms with E-state index in [9.17, 15) is 19.4 Å². The number of phosphoric acid groups is 1. The Hall–Kier alpha value is -0.350. The van der Waals surface area contributed by atoms with Crippen LogP contribution in [-0.2, 0) is 18.3 Å². The summed E-state index contributed by atoms with van der Waals surface area (Å²) in [6, 6.07) is 0. The maximum absolute atomic E-state index is 12.5. The van der Waals surface area contributed by atoms with Crippen molar-refractivity contribution in [1.82, 2.24) is 4.90 Å². The molecule has 0 saturated carbocycles. The van der Waals surface area contributed by atoms with Crippen molar-refractivity contribution in [2.75, 3.05) is 59.8 Å². The van der Waals surface area contributed by atoms with Crippen LogP contribution in [0, 0.1) is 0 Å². The van der Waals surface area contributed by atoms with Gasteiger partial charge in [0.25, 0.3) is 0 Å². The molecule has 1 fully saturated rings. The van der Waals surface area contributed by atoms with Crippen LogP contribution in [-0.4, -0.2) is 96.8 Å². The van der Waals surface area contributed by atoms with Crippen LogP contribution >= 0.6 is 19.6 Å². The van der Waals surface area contributed by atoms with Crippen molar-refractivity contribution in [1.29, 1.82) is 0 Å². The third-order valence-corrected chi connectivity index (χ3v) is 9.45. The smallest absolute Gasteiger partial charge is 0.449 e. The van der Waals surface area contributed by atoms with Gasteiger partial charge in [-0.25, -0.2) is 9.36 Å². The summed E-state index contributed by atoms with van der Waals surface area (Å²) in [5, 5.41) is 9.83. The lowest BCUT2D eigenvalue weighted by Gasteiger charge is -2.32. The van der Waals surface area contributed by atoms with Crippen LogP contribution in [0.15, 0.2) is 0 Å². The van der Waals surface area contributed by atoms with Gasteiger partial charge in [-0.15, -0.1) is 0 Å². The molecule has 1 aliphatic heterocycles. The van der Waals surface area contributed by atoms with E-state index in [0.717, 1.165) is 12.8 Å². The van der Waals surface area contributed by atoms with Crippen molar-refractivity contribution < 1.29 is 37.6 Å². The van der Waals surface area contributed by atoms with E-state index in [0.29, 0.717) is 25.4 Å². The summed E-state index contributed by atoms with van der Waals surface area (Å²) in [5.41, 5.74) is 0. The van der Waals surface area contributed by atoms with Crippen molar-refractivity contribution in [2.24, 2.45) is 0 Å². The summed E-state index contributed by atoms with van der Waals surface area (Å²) < 4.78 is 27.9. The predicted molar refractivity (Wildman–Crippen MR) is 164 cm³/mol. The molecular weight excluding hydrogens is 551 g/mol. The maximum Gasteiger partial charge on any atom is 0.472 e. The number of aliphatic hydroxyl groups is 1. The highest BCUT2D eigenvalue weighted by molar-refractivity contribution is 8.00. The number of rotatable bonds is 24. The Morgan fingerprint density at radius 1 is 0.900 bits per heavy atom. The molecule has 0 aromatic rings. The fraction of sp³-hybridized carbons (Fsp3) is 0.966. The third-order valence-electron chi connectivity index (χ3n) is 7.32. The molecule has 3 unspecified atom stereocenters. The molecule has 9 nitrogen and oxygen atoms in total. The number of carbonyl (C=O) groups excluding carboxylic acids is 1. The van der Waals surface area contributed by atoms with Gasteiger partial charge in [-0.2, -0.15) is 11.8 Å². The highest BCUT2D eigenvalue weighted by atomic mass is 32.2. The van der Waals surface area contributed by atoms with Crippen LogP contribution < -0.4 is 0 Å². The molecule has 40 heavy (non-hydrogen) atoms. The molecule has 1 amide bonds. The fourth-order valence-corrected chi connectivity index (χ4v) is 6.46. The molecule has 238 valence electrons. The molecule has 1 aliphatic rings. The quantitative estimate of drug-likeness (QED) is 0.0522. The summed E-state index contributed by atoms with van der Waals surface area (Å²) in [6.45, 7) is 3.34. The van der Waals surface area contributed by atoms with E-state index in [-0.39, 0.29) is 29.0 Å². The van der Waals surface area contributed by atoms with Gasteiger partial charge in [-0.3, -0.25) is 9.05 Å². The first-order chi connectivity index (χ1) is 19.0. The van der Waals surface area contributed by atoms with E-state index in [1.807, 2.05) is 0 Å². The molecule has 0 bridgehead atoms. The standard InChI is InChI=1S/C29H59N2O7PS/c1-5-6-7-8-9-10-11-12-13-14-15-16-17-18-19-20-22-36-29(33)30-21-23-40-27(24-30)25-37-39(34,35)38-26-28(32)31(2,3)4/h27-28,32H,5-26H2,1-4H3/p+1. The van der Waals surface area contributed by atoms with Gasteiger partial charge in [0, 0.05) is 24.1 Å². The van der Waals surface area contributed by atoms with E-state index < -0.39 is 14.1 Å². The van der Waals surface area contributed by atoms with Gasteiger partial charge in [-0.05, 0) is 6.42 Å². The molecule has 2 N–H and O–H groups in total. The summed E-state index contributed by atoms with van der Waals surface area (Å²) in [7, 11) is 0.970. The first kappa shape index (κ1) is 37.7. The lowest BCUT2D eigenvalue weighted by atomic mass is 10.0. The molecule has 1 saturated heterocycles. The highest BCUT2D eigenvalue weighted by Gasteiger charge is 2.31. The lowest BCUT2D eigenvalue weighted by molar-refractivity contribution is -0.918. The summed E-state index contributed by atoms with van der Waals surface area (Å²) in [6.07, 6.45) is 19.6. The van der Waals surface area contributed by atoms with Crippen LogP contribution in [0.5, 0.6) is 0 Å². The summed E-state index contributed by atoms with van der Waals surface area (Å²) >= 11 is 1.59. The Bertz CT molecular complexity index is 696. The van der Waals surface area contributed by atoms with Crippen molar-refractivity contribution in [3.63, 3.8) is 0 Å². The Morgan fingerprint density at radius 2 is 1.40 bits per heavy atom. The number of amides is 1. The van der Waals surface area contributed by atoms with Gasteiger partial charge < -0.3 is 24.1 Å². The zero-order chi connectivity index (χ0) is 29.7. The normalized spacial score (nSPS) is 18.4. The van der Waals surface area contributed by atoms with Crippen LogP contribution in [0.25, 0.3) is 0 Å². The second kappa shape index (κ2) is 22.2. The molecule has 0 aliphatic carbocycles. The zero-order valence-electron chi connectivity index (χ0n) is 25.9. The number of aliphatic hydroxyl groups excluding tert-OH is 1. The molecule has 3 atom stereocenters. The molecule has 0 spiro atoms. The number of quaternary nitrogens is 1. The van der Waals surface area contributed by atoms with Crippen LogP contribution in [0.2, 0.25) is 0 Å². The highest BCUT2D eigenvalue weighted by Crippen LogP contribution is 2.44. The Balaban J connectivity index is 2.02. The molecule has 1 heterocycles. The van der Waals surface area contributed by atoms with Crippen molar-refractivity contribution in [3.8, 4) is 0 Å². The van der Waals surface area contributed by atoms with Gasteiger partial charge in [-0.1, -0.05) is 103 Å². The summed E-state index contributed by atoms with van der Waals surface area (Å²) in [5.74, 6) is 0.707. The third kappa shape index (κ3) is 19.7. The van der Waals surface area contributed by atoms with Gasteiger partial charge in [0.1, 0.15) is 6.61 Å². The second-order valence-corrected chi connectivity index (χ2v) is 14.9. The number of phosphoric ester groups is 1. The van der Waals surface area contributed by atoms with E-state index in [1.165, 1.54) is 89.9 Å². The molecule has 0 aromatic heterocycles. The van der Waals surface area contributed by atoms with Crippen molar-refractivity contribution in [2.45, 2.75) is 121 Å². The first-order valence-corrected chi connectivity index (χ1v) is 18.2. The summed E-state index contributed by atoms with van der Waals surface area (Å²) in [4.78, 5) is 24.0. The number of thioether (sulfide) groups is 1. The second-order valence-electron chi connectivity index (χ2n) is 12.0. The predicted octanol–water partition coefficient (Wildman–Crippen LogP) is 6.96. The Kier molecular flexibility index (Phi) is 20.9. The topological polar surface area (TPSA) is 106 Å². The van der Waals surface area contributed by atoms with E-state index in [1.54, 1.807) is 37.8 Å². The Labute approximate surface area is 248 Å². The van der Waals surface area contributed by atoms with Gasteiger partial charge in [0.05, 0.1) is 34.4 Å². The Morgan fingerprint density at radius 3 is 1.90 bits per heavy atom. The first-order valence-electron chi connectivity index (χ1n) is 15.7. The number of carbonyl (C=O) groups is 1. The molecule has 1 rings (SSSR count). The van der Waals surface area contributed by atoms with Crippen LogP contribution in [0.3, 0.4) is 0 Å². The average Bonchev–Trinajstić information content (AvgIpc) is 2.92. The van der Waals surface area contributed by atoms with E-state index in [2.05, 4.69) is 6.92 Å². The molecular formula is C29H60N2O7PS+. The van der Waals surface area contributed by atoms with Gasteiger partial charge >= 0.3 is 13.9 Å². The average molecular weight is 612 g/mol.